The molecular formula is C26H40Cl3N7O4S2. The van der Waals surface area contributed by atoms with Crippen molar-refractivity contribution in [1.29, 1.82) is 0 Å². The lowest BCUT2D eigenvalue weighted by molar-refractivity contribution is 0.321. The molecular weight excluding hydrogens is 645 g/mol. The van der Waals surface area contributed by atoms with Crippen LogP contribution in [0.4, 0.5) is 0 Å². The minimum absolute atomic E-state index is 0. The molecule has 2 aromatic heterocycles. The van der Waals surface area contributed by atoms with Crippen LogP contribution in [0.25, 0.3) is 0 Å². The van der Waals surface area contributed by atoms with Gasteiger partial charge in [0.2, 0.25) is 0 Å². The molecule has 0 bridgehead atoms. The minimum atomic E-state index is -3.57. The topological polar surface area (TPSA) is 144 Å². The average Bonchev–Trinajstić information content (AvgIpc) is 3.69. The van der Waals surface area contributed by atoms with Gasteiger partial charge in [0, 0.05) is 10.7 Å². The molecule has 16 heteroatoms. The highest BCUT2D eigenvalue weighted by atomic mass is 35.7. The maximum atomic E-state index is 11.9. The SMILES string of the molecule is C.CCN(CC)CC.Cc1ccc(S(=O)(=O)Cl)cc1.Cc1ccc(S(=O)(=O)n2cncn2)cc1.ClCCl.c1nc[nH]n1. The maximum absolute atomic E-state index is 11.9. The standard InChI is InChI=1S/C9H9N3O2S.C7H7ClO2S.C6H15N.C2H3N3.CH2Cl2.CH4/c1-8-2-4-9(5-3-8)15(13,14)12-7-10-6-11-12;1-6-2-4-7(5-3-6)11(8,9)10;1-4-7(5-2)6-3;1-3-2-5-4-1;2-1-3;/h2-7H,1H3;2-5H,1H3;4-6H2,1-3H3;1-2H,(H,3,4,5);1H2;1H4. The van der Waals surface area contributed by atoms with Gasteiger partial charge in [-0.1, -0.05) is 63.6 Å². The van der Waals surface area contributed by atoms with E-state index in [9.17, 15) is 16.8 Å². The Morgan fingerprint density at radius 1 is 0.786 bits per heavy atom. The summed E-state index contributed by atoms with van der Waals surface area (Å²) < 4.78 is 46.0. The zero-order chi connectivity index (χ0) is 31.3. The summed E-state index contributed by atoms with van der Waals surface area (Å²) in [6.07, 6.45) is 5.31. The van der Waals surface area contributed by atoms with Gasteiger partial charge in [0.15, 0.2) is 0 Å². The van der Waals surface area contributed by atoms with E-state index in [1.165, 1.54) is 50.7 Å². The molecule has 0 spiro atoms. The van der Waals surface area contributed by atoms with E-state index in [-0.39, 0.29) is 22.6 Å². The van der Waals surface area contributed by atoms with E-state index in [0.29, 0.717) is 0 Å². The molecule has 236 valence electrons. The van der Waals surface area contributed by atoms with Crippen molar-refractivity contribution in [2.45, 2.75) is 51.8 Å². The first-order chi connectivity index (χ1) is 19.4. The predicted molar refractivity (Wildman–Crippen MR) is 171 cm³/mol. The van der Waals surface area contributed by atoms with Gasteiger partial charge in [-0.15, -0.1) is 32.4 Å². The fraction of sp³-hybridized carbons (Fsp3) is 0.385. The summed E-state index contributed by atoms with van der Waals surface area (Å²) in [5.74, 6) is 0. The van der Waals surface area contributed by atoms with E-state index < -0.39 is 19.1 Å². The summed E-state index contributed by atoms with van der Waals surface area (Å²) in [5, 5.41) is 9.78. The lowest BCUT2D eigenvalue weighted by Crippen LogP contribution is -2.21. The van der Waals surface area contributed by atoms with Crippen LogP contribution in [0.5, 0.6) is 0 Å². The molecule has 1 N–H and O–H groups in total. The second-order valence-corrected chi connectivity index (χ2v) is 12.9. The summed E-state index contributed by atoms with van der Waals surface area (Å²) in [6, 6.07) is 13.0. The zero-order valence-electron chi connectivity index (χ0n) is 23.5. The van der Waals surface area contributed by atoms with Crippen molar-refractivity contribution in [2.75, 3.05) is 25.0 Å². The first-order valence-electron chi connectivity index (χ1n) is 12.2. The highest BCUT2D eigenvalue weighted by Gasteiger charge is 2.16. The molecule has 0 atom stereocenters. The molecule has 0 amide bonds. The van der Waals surface area contributed by atoms with E-state index in [1.807, 2.05) is 13.8 Å². The van der Waals surface area contributed by atoms with E-state index >= 15 is 0 Å². The number of hydrogen-bond acceptors (Lipinski definition) is 9. The predicted octanol–water partition coefficient (Wildman–Crippen LogP) is 5.96. The van der Waals surface area contributed by atoms with Crippen molar-refractivity contribution >= 4 is 53.0 Å². The van der Waals surface area contributed by atoms with Crippen LogP contribution in [-0.2, 0) is 19.1 Å². The van der Waals surface area contributed by atoms with Crippen LogP contribution in [0.1, 0.15) is 39.3 Å². The smallest absolute Gasteiger partial charge is 0.284 e. The summed E-state index contributed by atoms with van der Waals surface area (Å²) >= 11 is 9.53. The first-order valence-corrected chi connectivity index (χ1v) is 17.0. The monoisotopic (exact) mass is 683 g/mol. The third-order valence-corrected chi connectivity index (χ3v) is 7.86. The number of H-pyrrole nitrogens is 1. The first kappa shape index (κ1) is 41.6. The van der Waals surface area contributed by atoms with Gasteiger partial charge in [0.05, 0.1) is 15.1 Å². The van der Waals surface area contributed by atoms with Crippen LogP contribution in [0.2, 0.25) is 0 Å². The summed E-state index contributed by atoms with van der Waals surface area (Å²) in [5.41, 5.74) is 2.02. The Morgan fingerprint density at radius 2 is 1.24 bits per heavy atom. The van der Waals surface area contributed by atoms with Crippen LogP contribution in [0.3, 0.4) is 0 Å². The molecule has 0 aliphatic carbocycles. The summed E-state index contributed by atoms with van der Waals surface area (Å²) in [4.78, 5) is 9.89. The fourth-order valence-corrected chi connectivity index (χ4v) is 4.49. The molecule has 2 aromatic carbocycles. The number of aromatic nitrogens is 6. The Morgan fingerprint density at radius 3 is 1.50 bits per heavy atom. The zero-order valence-corrected chi connectivity index (χ0v) is 27.4. The van der Waals surface area contributed by atoms with Crippen LogP contribution in [0.15, 0.2) is 83.6 Å². The van der Waals surface area contributed by atoms with Crippen LogP contribution in [-0.4, -0.2) is 76.1 Å². The Labute approximate surface area is 264 Å². The number of hydrogen-bond donors (Lipinski definition) is 1. The van der Waals surface area contributed by atoms with E-state index in [4.69, 9.17) is 33.9 Å². The van der Waals surface area contributed by atoms with E-state index in [2.05, 4.69) is 50.9 Å². The average molecular weight is 685 g/mol. The highest BCUT2D eigenvalue weighted by molar-refractivity contribution is 8.13. The van der Waals surface area contributed by atoms with Crippen LogP contribution >= 0.6 is 33.9 Å². The number of aryl methyl sites for hydroxylation is 2. The molecule has 2 heterocycles. The third kappa shape index (κ3) is 17.4. The summed E-state index contributed by atoms with van der Waals surface area (Å²) in [7, 11) is -2.03. The van der Waals surface area contributed by atoms with Crippen LogP contribution < -0.4 is 0 Å². The molecule has 0 aliphatic heterocycles. The molecule has 4 aromatic rings. The number of aromatic amines is 1. The Balaban J connectivity index is 0. The second kappa shape index (κ2) is 23.0. The lowest BCUT2D eigenvalue weighted by Gasteiger charge is -2.13. The number of nitrogens with zero attached hydrogens (tertiary/aromatic N) is 6. The van der Waals surface area contributed by atoms with Gasteiger partial charge in [-0.3, -0.25) is 5.10 Å². The number of benzene rings is 2. The Hall–Kier alpha value is -2.55. The van der Waals surface area contributed by atoms with Gasteiger partial charge in [-0.2, -0.15) is 13.5 Å². The molecule has 0 saturated carbocycles. The molecule has 0 fully saturated rings. The largest absolute Gasteiger partial charge is 0.304 e. The number of alkyl halides is 2. The lowest BCUT2D eigenvalue weighted by atomic mass is 10.2. The Bertz CT molecular complexity index is 1360. The van der Waals surface area contributed by atoms with E-state index in [1.54, 1.807) is 36.4 Å². The van der Waals surface area contributed by atoms with Gasteiger partial charge in [-0.25, -0.2) is 18.4 Å². The van der Waals surface area contributed by atoms with Crippen molar-refractivity contribution in [1.82, 2.24) is 34.3 Å². The highest BCUT2D eigenvalue weighted by Crippen LogP contribution is 2.14. The second-order valence-electron chi connectivity index (χ2n) is 7.71. The number of nitrogens with one attached hydrogen (secondary N) is 1. The number of rotatable bonds is 6. The van der Waals surface area contributed by atoms with Gasteiger partial charge in [0.1, 0.15) is 25.3 Å². The fourth-order valence-electron chi connectivity index (χ4n) is 2.68. The van der Waals surface area contributed by atoms with Gasteiger partial charge in [-0.05, 0) is 57.7 Å². The normalized spacial score (nSPS) is 10.2. The quantitative estimate of drug-likeness (QED) is 0.192. The van der Waals surface area contributed by atoms with Gasteiger partial charge < -0.3 is 4.90 Å². The molecule has 0 aliphatic rings. The summed E-state index contributed by atoms with van der Waals surface area (Å²) in [6.45, 7) is 13.9. The van der Waals surface area contributed by atoms with Gasteiger partial charge >= 0.3 is 0 Å². The van der Waals surface area contributed by atoms with Crippen molar-refractivity contribution in [3.05, 3.63) is 85.0 Å². The van der Waals surface area contributed by atoms with Crippen molar-refractivity contribution in [3.8, 4) is 0 Å². The van der Waals surface area contributed by atoms with E-state index in [0.717, 1.165) is 21.5 Å². The van der Waals surface area contributed by atoms with Crippen molar-refractivity contribution < 1.29 is 16.8 Å². The molecule has 4 rings (SSSR count). The molecule has 0 unspecified atom stereocenters. The van der Waals surface area contributed by atoms with Gasteiger partial charge in [0.25, 0.3) is 19.1 Å². The minimum Gasteiger partial charge on any atom is -0.304 e. The van der Waals surface area contributed by atoms with Crippen molar-refractivity contribution in [3.63, 3.8) is 0 Å². The molecule has 0 saturated heterocycles. The molecule has 42 heavy (non-hydrogen) atoms. The Kier molecular flexibility index (Phi) is 22.7. The molecule has 0 radical (unpaired) electrons. The van der Waals surface area contributed by atoms with Crippen molar-refractivity contribution in [2.24, 2.45) is 0 Å². The van der Waals surface area contributed by atoms with Crippen LogP contribution in [0, 0.1) is 13.8 Å². The number of halogens is 3. The molecule has 11 nitrogen and oxygen atoms in total. The third-order valence-electron chi connectivity index (χ3n) is 4.94. The maximum Gasteiger partial charge on any atom is 0.284 e.